The number of nitrogens with zero attached hydrogens (tertiary/aromatic N) is 2. The summed E-state index contributed by atoms with van der Waals surface area (Å²) in [6, 6.07) is 4.61. The topological polar surface area (TPSA) is 51.2 Å². The van der Waals surface area contributed by atoms with Crippen LogP contribution >= 0.6 is 0 Å². The Morgan fingerprint density at radius 2 is 2.03 bits per heavy atom. The Bertz CT molecular complexity index is 1120. The van der Waals surface area contributed by atoms with Gasteiger partial charge in [-0.1, -0.05) is 31.1 Å². The van der Waals surface area contributed by atoms with Crippen molar-refractivity contribution in [2.75, 3.05) is 20.2 Å². The van der Waals surface area contributed by atoms with Gasteiger partial charge in [-0.15, -0.1) is 0 Å². The van der Waals surface area contributed by atoms with Gasteiger partial charge in [-0.05, 0) is 61.8 Å². The highest BCUT2D eigenvalue weighted by Crippen LogP contribution is 2.48. The average Bonchev–Trinajstić information content (AvgIpc) is 3.39. The van der Waals surface area contributed by atoms with Gasteiger partial charge in [0.25, 0.3) is 5.91 Å². The molecule has 3 aliphatic heterocycles. The molecule has 1 aromatic rings. The van der Waals surface area contributed by atoms with Crippen LogP contribution in [0.3, 0.4) is 0 Å². The van der Waals surface area contributed by atoms with E-state index >= 15 is 0 Å². The molecule has 1 saturated carbocycles. The minimum atomic E-state index is -0.778. The number of benzene rings is 1. The first-order valence-corrected chi connectivity index (χ1v) is 13.2. The van der Waals surface area contributed by atoms with E-state index < -0.39 is 5.79 Å². The number of hydrogen-bond donors (Lipinski definition) is 0. The third kappa shape index (κ3) is 4.11. The van der Waals surface area contributed by atoms with Crippen molar-refractivity contribution in [3.8, 4) is 17.2 Å². The molecule has 3 heterocycles. The maximum absolute atomic E-state index is 13.9. The highest BCUT2D eigenvalue weighted by Gasteiger charge is 2.46. The quantitative estimate of drug-likeness (QED) is 0.581. The number of piperazine rings is 1. The molecule has 0 N–H and O–H groups in total. The van der Waals surface area contributed by atoms with E-state index in [0.717, 1.165) is 25.3 Å². The number of fused-ring (bicyclic) bond motifs is 4. The van der Waals surface area contributed by atoms with Crippen LogP contribution in [0.15, 0.2) is 47.7 Å². The van der Waals surface area contributed by atoms with Crippen molar-refractivity contribution in [1.82, 2.24) is 9.80 Å². The molecule has 0 aromatic heterocycles. The lowest BCUT2D eigenvalue weighted by molar-refractivity contribution is -0.0439. The number of carbonyl (C=O) groups is 1. The second-order valence-corrected chi connectivity index (χ2v) is 11.0. The largest absolute Gasteiger partial charge is 0.493 e. The highest BCUT2D eigenvalue weighted by atomic mass is 16.7. The lowest BCUT2D eigenvalue weighted by Gasteiger charge is -2.44. The minimum Gasteiger partial charge on any atom is -0.493 e. The SMILES string of the molecule is COc1cc(C(=O)N2C/C(=C/C3=CCCC=C3)N3C4CCCCC4C[C@H]3C2)cc2c1OC(C)(C)O2. The summed E-state index contributed by atoms with van der Waals surface area (Å²) in [5.41, 5.74) is 3.14. The third-order valence-electron chi connectivity index (χ3n) is 8.15. The van der Waals surface area contributed by atoms with Crippen LogP contribution in [0, 0.1) is 5.92 Å². The van der Waals surface area contributed by atoms with Gasteiger partial charge < -0.3 is 24.0 Å². The van der Waals surface area contributed by atoms with E-state index in [1.807, 2.05) is 24.8 Å². The van der Waals surface area contributed by atoms with Gasteiger partial charge in [-0.3, -0.25) is 4.79 Å². The van der Waals surface area contributed by atoms with Crippen LogP contribution < -0.4 is 14.2 Å². The predicted octanol–water partition coefficient (Wildman–Crippen LogP) is 5.45. The second kappa shape index (κ2) is 8.65. The minimum absolute atomic E-state index is 0.0213. The average molecular weight is 477 g/mol. The van der Waals surface area contributed by atoms with Gasteiger partial charge in [-0.2, -0.15) is 0 Å². The molecule has 2 unspecified atom stereocenters. The van der Waals surface area contributed by atoms with E-state index in [-0.39, 0.29) is 5.91 Å². The van der Waals surface area contributed by atoms with E-state index in [9.17, 15) is 4.79 Å². The molecule has 0 spiro atoms. The zero-order valence-corrected chi connectivity index (χ0v) is 21.1. The van der Waals surface area contributed by atoms with Crippen molar-refractivity contribution in [1.29, 1.82) is 0 Å². The van der Waals surface area contributed by atoms with E-state index in [1.54, 1.807) is 13.2 Å². The fourth-order valence-electron chi connectivity index (χ4n) is 6.72. The number of allylic oxidation sites excluding steroid dienone is 5. The Morgan fingerprint density at radius 1 is 1.17 bits per heavy atom. The fourth-order valence-corrected chi connectivity index (χ4v) is 6.72. The Morgan fingerprint density at radius 3 is 2.83 bits per heavy atom. The van der Waals surface area contributed by atoms with Crippen molar-refractivity contribution in [3.05, 3.63) is 53.3 Å². The van der Waals surface area contributed by atoms with Crippen molar-refractivity contribution < 1.29 is 19.0 Å². The third-order valence-corrected chi connectivity index (χ3v) is 8.15. The van der Waals surface area contributed by atoms with Crippen molar-refractivity contribution in [2.24, 2.45) is 5.92 Å². The molecule has 2 aliphatic carbocycles. The van der Waals surface area contributed by atoms with E-state index in [0.29, 0.717) is 41.4 Å². The maximum atomic E-state index is 13.9. The van der Waals surface area contributed by atoms with Gasteiger partial charge in [0.05, 0.1) is 13.7 Å². The lowest BCUT2D eigenvalue weighted by atomic mass is 9.84. The van der Waals surface area contributed by atoms with Gasteiger partial charge in [0.15, 0.2) is 11.5 Å². The maximum Gasteiger partial charge on any atom is 0.254 e. The highest BCUT2D eigenvalue weighted by molar-refractivity contribution is 5.96. The van der Waals surface area contributed by atoms with E-state index in [4.69, 9.17) is 14.2 Å². The summed E-state index contributed by atoms with van der Waals surface area (Å²) in [6.07, 6.45) is 17.8. The van der Waals surface area contributed by atoms with Gasteiger partial charge in [0, 0.05) is 43.7 Å². The monoisotopic (exact) mass is 476 g/mol. The normalized spacial score (nSPS) is 29.6. The van der Waals surface area contributed by atoms with Crippen LogP contribution in [-0.4, -0.2) is 53.8 Å². The Kier molecular flexibility index (Phi) is 5.58. The number of rotatable bonds is 3. The molecule has 5 aliphatic rings. The van der Waals surface area contributed by atoms with Gasteiger partial charge in [-0.25, -0.2) is 0 Å². The second-order valence-electron chi connectivity index (χ2n) is 11.0. The summed E-state index contributed by atoms with van der Waals surface area (Å²) in [6.45, 7) is 5.11. The molecular weight excluding hydrogens is 440 g/mol. The van der Waals surface area contributed by atoms with Crippen LogP contribution in [0.1, 0.15) is 69.2 Å². The van der Waals surface area contributed by atoms with Crippen molar-refractivity contribution in [2.45, 2.75) is 76.7 Å². The predicted molar refractivity (Wildman–Crippen MR) is 135 cm³/mol. The first-order valence-electron chi connectivity index (χ1n) is 13.2. The lowest BCUT2D eigenvalue weighted by Crippen LogP contribution is -2.53. The fraction of sp³-hybridized carbons (Fsp3) is 0.552. The number of ether oxygens (including phenoxy) is 3. The Labute approximate surface area is 208 Å². The molecule has 6 nitrogen and oxygen atoms in total. The molecule has 1 aromatic carbocycles. The van der Waals surface area contributed by atoms with Crippen molar-refractivity contribution >= 4 is 5.91 Å². The van der Waals surface area contributed by atoms with Gasteiger partial charge in [0.1, 0.15) is 0 Å². The molecule has 2 saturated heterocycles. The molecule has 3 atom stereocenters. The van der Waals surface area contributed by atoms with Crippen LogP contribution in [0.2, 0.25) is 0 Å². The summed E-state index contributed by atoms with van der Waals surface area (Å²) < 4.78 is 17.4. The Hall–Kier alpha value is -2.89. The summed E-state index contributed by atoms with van der Waals surface area (Å²) in [5, 5.41) is 0. The molecule has 6 rings (SSSR count). The summed E-state index contributed by atoms with van der Waals surface area (Å²) in [7, 11) is 1.60. The molecule has 186 valence electrons. The van der Waals surface area contributed by atoms with Crippen LogP contribution in [0.4, 0.5) is 0 Å². The molecule has 1 amide bonds. The molecular formula is C29H36N2O4. The summed E-state index contributed by atoms with van der Waals surface area (Å²) in [5.74, 6) is 1.66. The molecule has 0 radical (unpaired) electrons. The summed E-state index contributed by atoms with van der Waals surface area (Å²) in [4.78, 5) is 18.6. The first kappa shape index (κ1) is 22.6. The first-order chi connectivity index (χ1) is 16.9. The van der Waals surface area contributed by atoms with Crippen molar-refractivity contribution in [3.63, 3.8) is 0 Å². The van der Waals surface area contributed by atoms with Crippen LogP contribution in [-0.2, 0) is 0 Å². The smallest absolute Gasteiger partial charge is 0.254 e. The standard InChI is InChI=1S/C29H36N2O4/c1-29(2)34-26-16-21(15-25(33-3)27(26)35-29)28(32)30-17-22(13-19-9-5-4-6-10-19)31-23(18-30)14-20-11-7-8-12-24(20)31/h5,9-10,13,15-16,20,23-24H,4,6-8,11-12,14,17-18H2,1-3H3/b22-13-/t20?,23-,24?/m0/s1. The number of methoxy groups -OCH3 is 1. The molecule has 35 heavy (non-hydrogen) atoms. The number of hydrogen-bond acceptors (Lipinski definition) is 5. The molecule has 6 heteroatoms. The van der Waals surface area contributed by atoms with E-state index in [2.05, 4.69) is 29.2 Å². The number of amides is 1. The van der Waals surface area contributed by atoms with E-state index in [1.165, 1.54) is 43.4 Å². The van der Waals surface area contributed by atoms with Gasteiger partial charge >= 0.3 is 0 Å². The molecule has 3 fully saturated rings. The summed E-state index contributed by atoms with van der Waals surface area (Å²) >= 11 is 0. The zero-order chi connectivity index (χ0) is 24.2. The Balaban J connectivity index is 1.32. The number of carbonyl (C=O) groups excluding carboxylic acids is 1. The zero-order valence-electron chi connectivity index (χ0n) is 21.1. The van der Waals surface area contributed by atoms with Crippen LogP contribution in [0.25, 0.3) is 0 Å². The van der Waals surface area contributed by atoms with Gasteiger partial charge in [0.2, 0.25) is 11.5 Å². The van der Waals surface area contributed by atoms with Crippen LogP contribution in [0.5, 0.6) is 17.2 Å². The molecule has 0 bridgehead atoms.